The highest BCUT2D eigenvalue weighted by Crippen LogP contribution is 2.41. The summed E-state index contributed by atoms with van der Waals surface area (Å²) >= 11 is 1.86. The molecule has 0 radical (unpaired) electrons. The minimum absolute atomic E-state index is 1.19. The fourth-order valence-electron chi connectivity index (χ4n) is 8.75. The highest BCUT2D eigenvalue weighted by molar-refractivity contribution is 7.25. The molecule has 52 heavy (non-hydrogen) atoms. The molecule has 3 nitrogen and oxygen atoms in total. The van der Waals surface area contributed by atoms with Crippen LogP contribution < -0.4 is 0 Å². The molecule has 0 unspecified atom stereocenters. The zero-order valence-corrected chi connectivity index (χ0v) is 28.8. The molecule has 0 aliphatic heterocycles. The predicted octanol–water partition coefficient (Wildman–Crippen LogP) is 13.3. The number of fused-ring (bicyclic) bond motifs is 12. The average molecular weight is 680 g/mol. The Balaban J connectivity index is 1.07. The van der Waals surface area contributed by atoms with Gasteiger partial charge in [-0.15, -0.1) is 11.3 Å². The van der Waals surface area contributed by atoms with Gasteiger partial charge in [-0.3, -0.25) is 0 Å². The van der Waals surface area contributed by atoms with Crippen LogP contribution in [-0.2, 0) is 0 Å². The van der Waals surface area contributed by atoms with E-state index in [-0.39, 0.29) is 0 Å². The Morgan fingerprint density at radius 2 is 0.712 bits per heavy atom. The van der Waals surface area contributed by atoms with Crippen LogP contribution in [0.4, 0.5) is 0 Å². The lowest BCUT2D eigenvalue weighted by molar-refractivity contribution is 0.775. The van der Waals surface area contributed by atoms with E-state index in [1.54, 1.807) is 0 Å². The van der Waals surface area contributed by atoms with Crippen LogP contribution in [0.2, 0.25) is 0 Å². The van der Waals surface area contributed by atoms with Crippen molar-refractivity contribution in [2.75, 3.05) is 0 Å². The summed E-state index contributed by atoms with van der Waals surface area (Å²) in [4.78, 5) is 0. The van der Waals surface area contributed by atoms with Crippen molar-refractivity contribution < 1.29 is 0 Å². The van der Waals surface area contributed by atoms with Crippen LogP contribution >= 0.6 is 11.3 Å². The molecule has 12 aromatic rings. The van der Waals surface area contributed by atoms with Crippen LogP contribution in [0.1, 0.15) is 0 Å². The van der Waals surface area contributed by atoms with Gasteiger partial charge in [-0.1, -0.05) is 103 Å². The molecule has 0 aliphatic carbocycles. The molecule has 0 amide bonds. The van der Waals surface area contributed by atoms with E-state index in [2.05, 4.69) is 190 Å². The summed E-state index contributed by atoms with van der Waals surface area (Å²) in [6, 6.07) is 64.8. The van der Waals surface area contributed by atoms with E-state index < -0.39 is 0 Å². The molecule has 0 bridgehead atoms. The molecule has 0 fully saturated rings. The first-order valence-electron chi connectivity index (χ1n) is 17.8. The number of benzene rings is 8. The Morgan fingerprint density at radius 1 is 0.288 bits per heavy atom. The van der Waals surface area contributed by atoms with Gasteiger partial charge in [0.2, 0.25) is 0 Å². The summed E-state index contributed by atoms with van der Waals surface area (Å²) < 4.78 is 9.89. The number of rotatable bonds is 3. The zero-order chi connectivity index (χ0) is 33.9. The number of hydrogen-bond acceptors (Lipinski definition) is 1. The highest BCUT2D eigenvalue weighted by Gasteiger charge is 2.19. The maximum atomic E-state index is 2.43. The molecule has 242 valence electrons. The highest BCUT2D eigenvalue weighted by atomic mass is 32.1. The van der Waals surface area contributed by atoms with E-state index in [4.69, 9.17) is 0 Å². The van der Waals surface area contributed by atoms with Gasteiger partial charge >= 0.3 is 0 Å². The summed E-state index contributed by atoms with van der Waals surface area (Å²) in [5.41, 5.74) is 10.8. The van der Waals surface area contributed by atoms with E-state index in [1.165, 1.54) is 102 Å². The van der Waals surface area contributed by atoms with Gasteiger partial charge in [-0.25, -0.2) is 9.35 Å². The first-order chi connectivity index (χ1) is 25.8. The molecule has 0 saturated heterocycles. The summed E-state index contributed by atoms with van der Waals surface area (Å²) in [5, 5.41) is 10.2. The molecule has 4 aromatic heterocycles. The Hall–Kier alpha value is -6.62. The average Bonchev–Trinajstić information content (AvgIpc) is 3.93. The molecular formula is C48H29N3S. The van der Waals surface area contributed by atoms with E-state index >= 15 is 0 Å². The third-order valence-electron chi connectivity index (χ3n) is 11.0. The Labute approximate surface area is 302 Å². The minimum Gasteiger partial charge on any atom is -0.309 e. The van der Waals surface area contributed by atoms with Crippen molar-refractivity contribution in [2.24, 2.45) is 0 Å². The van der Waals surface area contributed by atoms with E-state index in [9.17, 15) is 0 Å². The summed E-state index contributed by atoms with van der Waals surface area (Å²) in [7, 11) is 0. The van der Waals surface area contributed by atoms with Crippen molar-refractivity contribution in [1.29, 1.82) is 0 Å². The lowest BCUT2D eigenvalue weighted by Gasteiger charge is -2.13. The summed E-state index contributed by atoms with van der Waals surface area (Å²) in [6.45, 7) is 0. The van der Waals surface area contributed by atoms with Crippen LogP contribution in [0.5, 0.6) is 0 Å². The molecule has 0 spiro atoms. The van der Waals surface area contributed by atoms with Gasteiger partial charge in [0.25, 0.3) is 0 Å². The molecule has 0 aliphatic rings. The van der Waals surface area contributed by atoms with Crippen molar-refractivity contribution >= 4 is 96.9 Å². The van der Waals surface area contributed by atoms with E-state index in [1.807, 2.05) is 11.3 Å². The largest absolute Gasteiger partial charge is 0.309 e. The number of hydrogen-bond donors (Lipinski definition) is 0. The van der Waals surface area contributed by atoms with Gasteiger partial charge < -0.3 is 4.57 Å². The fourth-order valence-corrected chi connectivity index (χ4v) is 9.83. The molecule has 8 aromatic carbocycles. The van der Waals surface area contributed by atoms with Crippen molar-refractivity contribution in [3.63, 3.8) is 0 Å². The number of nitrogens with zero attached hydrogens (tertiary/aromatic N) is 3. The SMILES string of the molecule is c1ccc2c(c1)sc1ccc(-n3c4ccccc4c4cc(-c5ccc6c(c5)c5ccccc5n6-n5c6ccccc6c6ccccc65)ccc43)cc12. The van der Waals surface area contributed by atoms with Gasteiger partial charge in [0.1, 0.15) is 0 Å². The van der Waals surface area contributed by atoms with E-state index in [0.717, 1.165) is 0 Å². The summed E-state index contributed by atoms with van der Waals surface area (Å²) in [5.74, 6) is 0. The van der Waals surface area contributed by atoms with Crippen LogP contribution in [0, 0.1) is 0 Å². The topological polar surface area (TPSA) is 14.8 Å². The van der Waals surface area contributed by atoms with Crippen molar-refractivity contribution in [1.82, 2.24) is 13.9 Å². The zero-order valence-electron chi connectivity index (χ0n) is 28.0. The molecular weight excluding hydrogens is 651 g/mol. The molecule has 0 saturated carbocycles. The quantitative estimate of drug-likeness (QED) is 0.177. The molecule has 4 heterocycles. The smallest absolute Gasteiger partial charge is 0.0716 e. The maximum Gasteiger partial charge on any atom is 0.0716 e. The number of aromatic nitrogens is 3. The van der Waals surface area contributed by atoms with Crippen LogP contribution in [0.3, 0.4) is 0 Å². The van der Waals surface area contributed by atoms with Crippen LogP contribution in [0.25, 0.3) is 102 Å². The second-order valence-corrected chi connectivity index (χ2v) is 14.9. The normalized spacial score (nSPS) is 12.2. The molecule has 12 rings (SSSR count). The predicted molar refractivity (Wildman–Crippen MR) is 222 cm³/mol. The van der Waals surface area contributed by atoms with Crippen molar-refractivity contribution in [3.8, 4) is 16.8 Å². The standard InChI is InChI=1S/C48H29N3S/c1-6-16-41-35(13-1)38-27-30(21-24-42(38)49(41)32-23-26-48-40(29-32)37-15-5-10-20-47(37)52-48)31-22-25-46-39(28-31)36-14-4-9-19-45(36)51(46)50-43-17-7-2-11-33(43)34-12-3-8-18-44(34)50/h1-29H. The first kappa shape index (κ1) is 28.1. The van der Waals surface area contributed by atoms with Gasteiger partial charge in [0, 0.05) is 58.2 Å². The van der Waals surface area contributed by atoms with Crippen LogP contribution in [-0.4, -0.2) is 13.9 Å². The third-order valence-corrected chi connectivity index (χ3v) is 12.2. The maximum absolute atomic E-state index is 2.43. The third kappa shape index (κ3) is 3.79. The fraction of sp³-hybridized carbons (Fsp3) is 0. The monoisotopic (exact) mass is 679 g/mol. The minimum atomic E-state index is 1.19. The number of thiophene rings is 1. The Bertz CT molecular complexity index is 3370. The van der Waals surface area contributed by atoms with Crippen molar-refractivity contribution in [2.45, 2.75) is 0 Å². The summed E-state index contributed by atoms with van der Waals surface area (Å²) in [6.07, 6.45) is 0. The Kier molecular flexibility index (Phi) is 5.65. The van der Waals surface area contributed by atoms with Gasteiger partial charge in [-0.05, 0) is 83.9 Å². The first-order valence-corrected chi connectivity index (χ1v) is 18.6. The van der Waals surface area contributed by atoms with Crippen molar-refractivity contribution in [3.05, 3.63) is 176 Å². The molecule has 0 atom stereocenters. The molecule has 4 heteroatoms. The van der Waals surface area contributed by atoms with Gasteiger partial charge in [0.15, 0.2) is 0 Å². The molecule has 0 N–H and O–H groups in total. The van der Waals surface area contributed by atoms with Crippen LogP contribution in [0.15, 0.2) is 176 Å². The van der Waals surface area contributed by atoms with Gasteiger partial charge in [0.05, 0.1) is 33.1 Å². The Morgan fingerprint density at radius 3 is 1.35 bits per heavy atom. The number of para-hydroxylation sites is 4. The van der Waals surface area contributed by atoms with E-state index in [0.29, 0.717) is 0 Å². The second-order valence-electron chi connectivity index (χ2n) is 13.8. The lowest BCUT2D eigenvalue weighted by Crippen LogP contribution is -2.08. The lowest BCUT2D eigenvalue weighted by atomic mass is 10.0. The second kappa shape index (κ2) is 10.5. The van der Waals surface area contributed by atoms with Gasteiger partial charge in [-0.2, -0.15) is 0 Å².